The zero-order chi connectivity index (χ0) is 12.0. The lowest BCUT2D eigenvalue weighted by atomic mass is 10.3. The van der Waals surface area contributed by atoms with Crippen LogP contribution in [0.15, 0.2) is 18.2 Å². The molecule has 0 saturated carbocycles. The molecule has 3 nitrogen and oxygen atoms in total. The highest BCUT2D eigenvalue weighted by Crippen LogP contribution is 2.19. The van der Waals surface area contributed by atoms with Gasteiger partial charge in [0.1, 0.15) is 0 Å². The smallest absolute Gasteiger partial charge is 0.328 e. The predicted molar refractivity (Wildman–Crippen MR) is 65.5 cm³/mol. The normalized spacial score (nSPS) is 13.1. The van der Waals surface area contributed by atoms with E-state index in [2.05, 4.69) is 6.92 Å². The number of hydrogen-bond acceptors (Lipinski definition) is 3. The van der Waals surface area contributed by atoms with Crippen molar-refractivity contribution in [1.82, 2.24) is 0 Å². The summed E-state index contributed by atoms with van der Waals surface area (Å²) in [5.41, 5.74) is 0. The van der Waals surface area contributed by atoms with Crippen molar-refractivity contribution in [2.75, 3.05) is 0 Å². The Morgan fingerprint density at radius 1 is 1.62 bits per heavy atom. The highest BCUT2D eigenvalue weighted by Gasteiger charge is 2.02. The third kappa shape index (κ3) is 4.59. The third-order valence-corrected chi connectivity index (χ3v) is 3.18. The molecule has 0 bridgehead atoms. The summed E-state index contributed by atoms with van der Waals surface area (Å²) in [6.07, 6.45) is 4.00. The molecule has 0 spiro atoms. The zero-order valence-corrected chi connectivity index (χ0v) is 10.3. The zero-order valence-electron chi connectivity index (χ0n) is 9.47. The maximum atomic E-state index is 10.3. The summed E-state index contributed by atoms with van der Waals surface area (Å²) >= 11 is 1.55. The van der Waals surface area contributed by atoms with Gasteiger partial charge in [0.2, 0.25) is 0 Å². The Labute approximate surface area is 99.4 Å². The molecule has 0 radical (unpaired) electrons. The van der Waals surface area contributed by atoms with Crippen molar-refractivity contribution in [3.8, 4) is 0 Å². The first-order chi connectivity index (χ1) is 7.61. The van der Waals surface area contributed by atoms with Crippen LogP contribution in [0.3, 0.4) is 0 Å². The molecule has 0 saturated heterocycles. The maximum absolute atomic E-state index is 10.3. The van der Waals surface area contributed by atoms with Crippen molar-refractivity contribution in [3.05, 3.63) is 28.0 Å². The van der Waals surface area contributed by atoms with Crippen LogP contribution >= 0.6 is 11.3 Å². The molecular weight excluding hydrogens is 224 g/mol. The van der Waals surface area contributed by atoms with Crippen LogP contribution in [0, 0.1) is 0 Å². The molecule has 0 aromatic carbocycles. The SMILES string of the molecule is CCC(C)OCc1ccc(C=CC(=O)O)s1. The van der Waals surface area contributed by atoms with Gasteiger partial charge in [0, 0.05) is 15.8 Å². The number of carbonyl (C=O) groups is 1. The van der Waals surface area contributed by atoms with Crippen LogP contribution in [-0.4, -0.2) is 17.2 Å². The van der Waals surface area contributed by atoms with Crippen molar-refractivity contribution < 1.29 is 14.6 Å². The summed E-state index contributed by atoms with van der Waals surface area (Å²) in [5, 5.41) is 8.48. The number of aliphatic carboxylic acids is 1. The van der Waals surface area contributed by atoms with Gasteiger partial charge >= 0.3 is 5.97 Å². The number of ether oxygens (including phenoxy) is 1. The number of rotatable bonds is 6. The first kappa shape index (κ1) is 12.9. The molecule has 1 aromatic rings. The second kappa shape index (κ2) is 6.45. The van der Waals surface area contributed by atoms with Crippen molar-refractivity contribution in [2.24, 2.45) is 0 Å². The minimum Gasteiger partial charge on any atom is -0.478 e. The summed E-state index contributed by atoms with van der Waals surface area (Å²) in [7, 11) is 0. The Balaban J connectivity index is 2.48. The lowest BCUT2D eigenvalue weighted by Gasteiger charge is -2.08. The summed E-state index contributed by atoms with van der Waals surface area (Å²) < 4.78 is 5.59. The molecule has 1 atom stereocenters. The molecule has 0 amide bonds. The molecule has 1 unspecified atom stereocenters. The molecule has 0 aliphatic rings. The number of thiophene rings is 1. The van der Waals surface area contributed by atoms with Gasteiger partial charge in [0.25, 0.3) is 0 Å². The van der Waals surface area contributed by atoms with Crippen LogP contribution in [0.2, 0.25) is 0 Å². The highest BCUT2D eigenvalue weighted by molar-refractivity contribution is 7.12. The lowest BCUT2D eigenvalue weighted by Crippen LogP contribution is -2.04. The molecule has 4 heteroatoms. The summed E-state index contributed by atoms with van der Waals surface area (Å²) in [5.74, 6) is -0.925. The van der Waals surface area contributed by atoms with Crippen molar-refractivity contribution in [3.63, 3.8) is 0 Å². The summed E-state index contributed by atoms with van der Waals surface area (Å²) in [6.45, 7) is 4.72. The molecule has 1 N–H and O–H groups in total. The molecular formula is C12H16O3S. The number of carboxylic acids is 1. The van der Waals surface area contributed by atoms with Crippen molar-refractivity contribution in [1.29, 1.82) is 0 Å². The fourth-order valence-corrected chi connectivity index (χ4v) is 1.90. The standard InChI is InChI=1S/C12H16O3S/c1-3-9(2)15-8-11-5-4-10(16-11)6-7-12(13)14/h4-7,9H,3,8H2,1-2H3,(H,13,14). The minimum atomic E-state index is -0.925. The largest absolute Gasteiger partial charge is 0.478 e. The topological polar surface area (TPSA) is 46.5 Å². The minimum absolute atomic E-state index is 0.264. The van der Waals surface area contributed by atoms with Gasteiger partial charge in [-0.25, -0.2) is 4.79 Å². The van der Waals surface area contributed by atoms with E-state index in [-0.39, 0.29) is 6.10 Å². The van der Waals surface area contributed by atoms with E-state index >= 15 is 0 Å². The Bertz CT molecular complexity index is 368. The molecule has 0 aliphatic carbocycles. The average Bonchev–Trinajstić information content (AvgIpc) is 2.71. The fourth-order valence-electron chi connectivity index (χ4n) is 1.06. The molecule has 1 heterocycles. The second-order valence-electron chi connectivity index (χ2n) is 3.51. The first-order valence-corrected chi connectivity index (χ1v) is 6.04. The fraction of sp³-hybridized carbons (Fsp3) is 0.417. The van der Waals surface area contributed by atoms with Gasteiger partial charge in [0.05, 0.1) is 12.7 Å². The Morgan fingerprint density at radius 2 is 2.38 bits per heavy atom. The predicted octanol–water partition coefficient (Wildman–Crippen LogP) is 3.16. The lowest BCUT2D eigenvalue weighted by molar-refractivity contribution is -0.131. The quantitative estimate of drug-likeness (QED) is 0.777. The van der Waals surface area contributed by atoms with Crippen LogP contribution in [-0.2, 0) is 16.1 Å². The summed E-state index contributed by atoms with van der Waals surface area (Å²) in [6, 6.07) is 3.87. The highest BCUT2D eigenvalue weighted by atomic mass is 32.1. The van der Waals surface area contributed by atoms with Gasteiger partial charge < -0.3 is 9.84 Å². The van der Waals surface area contributed by atoms with E-state index < -0.39 is 5.97 Å². The van der Waals surface area contributed by atoms with Gasteiger partial charge in [-0.15, -0.1) is 11.3 Å². The molecule has 1 aromatic heterocycles. The molecule has 16 heavy (non-hydrogen) atoms. The van der Waals surface area contributed by atoms with Crippen molar-refractivity contribution >= 4 is 23.4 Å². The Kier molecular flexibility index (Phi) is 5.22. The van der Waals surface area contributed by atoms with Gasteiger partial charge in [-0.2, -0.15) is 0 Å². The third-order valence-electron chi connectivity index (χ3n) is 2.16. The molecule has 88 valence electrons. The average molecular weight is 240 g/mol. The van der Waals surface area contributed by atoms with E-state index in [1.807, 2.05) is 19.1 Å². The van der Waals surface area contributed by atoms with Crippen molar-refractivity contribution in [2.45, 2.75) is 33.0 Å². The van der Waals surface area contributed by atoms with E-state index in [1.165, 1.54) is 0 Å². The van der Waals surface area contributed by atoms with Crippen LogP contribution in [0.5, 0.6) is 0 Å². The van der Waals surface area contributed by atoms with Crippen LogP contribution in [0.4, 0.5) is 0 Å². The van der Waals surface area contributed by atoms with Gasteiger partial charge in [-0.05, 0) is 31.6 Å². The second-order valence-corrected chi connectivity index (χ2v) is 4.71. The first-order valence-electron chi connectivity index (χ1n) is 5.23. The Morgan fingerprint density at radius 3 is 3.00 bits per heavy atom. The van der Waals surface area contributed by atoms with E-state index in [4.69, 9.17) is 9.84 Å². The van der Waals surface area contributed by atoms with Gasteiger partial charge in [0.15, 0.2) is 0 Å². The van der Waals surface area contributed by atoms with Crippen LogP contribution in [0.25, 0.3) is 6.08 Å². The van der Waals surface area contributed by atoms with E-state index in [1.54, 1.807) is 17.4 Å². The molecule has 1 rings (SSSR count). The molecule has 0 fully saturated rings. The van der Waals surface area contributed by atoms with Gasteiger partial charge in [-0.3, -0.25) is 0 Å². The monoisotopic (exact) mass is 240 g/mol. The maximum Gasteiger partial charge on any atom is 0.328 e. The van der Waals surface area contributed by atoms with E-state index in [9.17, 15) is 4.79 Å². The van der Waals surface area contributed by atoms with Gasteiger partial charge in [-0.1, -0.05) is 6.92 Å². The molecule has 0 aliphatic heterocycles. The van der Waals surface area contributed by atoms with Crippen LogP contribution < -0.4 is 0 Å². The van der Waals surface area contributed by atoms with E-state index in [0.717, 1.165) is 22.3 Å². The van der Waals surface area contributed by atoms with E-state index in [0.29, 0.717) is 6.61 Å². The Hall–Kier alpha value is -1.13. The number of hydrogen-bond donors (Lipinski definition) is 1. The number of carboxylic acid groups (broad SMARTS) is 1. The summed E-state index contributed by atoms with van der Waals surface area (Å²) in [4.78, 5) is 12.4. The van der Waals surface area contributed by atoms with Crippen LogP contribution in [0.1, 0.15) is 30.0 Å².